The summed E-state index contributed by atoms with van der Waals surface area (Å²) in [5.41, 5.74) is 1.09. The molecule has 1 aliphatic heterocycles. The Bertz CT molecular complexity index is 370. The van der Waals surface area contributed by atoms with Gasteiger partial charge in [-0.2, -0.15) is 0 Å². The molecule has 94 valence electrons. The van der Waals surface area contributed by atoms with E-state index in [1.807, 2.05) is 18.2 Å². The quantitative estimate of drug-likeness (QED) is 0.923. The van der Waals surface area contributed by atoms with E-state index in [9.17, 15) is 0 Å². The van der Waals surface area contributed by atoms with Gasteiger partial charge < -0.3 is 10.1 Å². The third-order valence-corrected chi connectivity index (χ3v) is 3.99. The number of benzene rings is 1. The number of ether oxygens (including phenoxy) is 1. The summed E-state index contributed by atoms with van der Waals surface area (Å²) in [7, 11) is 0. The molecule has 5 heteroatoms. The zero-order valence-electron chi connectivity index (χ0n) is 9.59. The Kier molecular flexibility index (Phi) is 5.10. The number of rotatable bonds is 4. The van der Waals surface area contributed by atoms with Crippen LogP contribution in [0.5, 0.6) is 0 Å². The number of nitrogens with one attached hydrogen (secondary N) is 1. The van der Waals surface area contributed by atoms with Crippen molar-refractivity contribution in [2.75, 3.05) is 44.7 Å². The van der Waals surface area contributed by atoms with Gasteiger partial charge in [0.1, 0.15) is 0 Å². The topological polar surface area (TPSA) is 24.5 Å². The second kappa shape index (κ2) is 6.59. The lowest BCUT2D eigenvalue weighted by Crippen LogP contribution is -2.38. The maximum atomic E-state index is 5.94. The summed E-state index contributed by atoms with van der Waals surface area (Å²) in [5.74, 6) is 0. The lowest BCUT2D eigenvalue weighted by molar-refractivity contribution is 0.0398. The second-order valence-electron chi connectivity index (χ2n) is 4.01. The molecule has 1 aromatic rings. The lowest BCUT2D eigenvalue weighted by Gasteiger charge is -2.26. The van der Waals surface area contributed by atoms with Crippen molar-refractivity contribution < 1.29 is 4.74 Å². The maximum absolute atomic E-state index is 5.94. The van der Waals surface area contributed by atoms with Crippen LogP contribution in [0, 0.1) is 0 Å². The van der Waals surface area contributed by atoms with Gasteiger partial charge in [0.15, 0.2) is 0 Å². The van der Waals surface area contributed by atoms with E-state index in [1.54, 1.807) is 0 Å². The van der Waals surface area contributed by atoms with E-state index in [1.165, 1.54) is 0 Å². The molecule has 0 atom stereocenters. The number of morpholine rings is 1. The molecule has 0 amide bonds. The average Bonchev–Trinajstić information content (AvgIpc) is 2.35. The van der Waals surface area contributed by atoms with Crippen molar-refractivity contribution in [3.05, 3.63) is 27.7 Å². The third kappa shape index (κ3) is 4.14. The molecule has 0 unspecified atom stereocenters. The van der Waals surface area contributed by atoms with Gasteiger partial charge in [0.05, 0.1) is 18.2 Å². The Hall–Kier alpha value is -0.290. The molecule has 1 heterocycles. The van der Waals surface area contributed by atoms with Crippen LogP contribution in [0.2, 0.25) is 5.02 Å². The van der Waals surface area contributed by atoms with Crippen molar-refractivity contribution in [2.45, 2.75) is 0 Å². The predicted molar refractivity (Wildman–Crippen MR) is 74.9 cm³/mol. The summed E-state index contributed by atoms with van der Waals surface area (Å²) in [6.45, 7) is 5.76. The first-order chi connectivity index (χ1) is 8.25. The van der Waals surface area contributed by atoms with E-state index in [0.29, 0.717) is 0 Å². The summed E-state index contributed by atoms with van der Waals surface area (Å²) in [6.07, 6.45) is 0. The van der Waals surface area contributed by atoms with Gasteiger partial charge in [0, 0.05) is 36.3 Å². The van der Waals surface area contributed by atoms with Crippen LogP contribution in [0.25, 0.3) is 0 Å². The van der Waals surface area contributed by atoms with Crippen LogP contribution in [0.1, 0.15) is 0 Å². The molecule has 0 aromatic heterocycles. The van der Waals surface area contributed by atoms with Crippen molar-refractivity contribution >= 4 is 33.2 Å². The molecule has 2 rings (SSSR count). The molecule has 1 aromatic carbocycles. The minimum Gasteiger partial charge on any atom is -0.384 e. The molecule has 0 saturated carbocycles. The average molecular weight is 320 g/mol. The fraction of sp³-hybridized carbons (Fsp3) is 0.500. The van der Waals surface area contributed by atoms with Gasteiger partial charge in [0.25, 0.3) is 0 Å². The third-order valence-electron chi connectivity index (χ3n) is 2.78. The van der Waals surface area contributed by atoms with Crippen molar-refractivity contribution in [1.29, 1.82) is 0 Å². The van der Waals surface area contributed by atoms with Gasteiger partial charge in [-0.05, 0) is 34.1 Å². The highest BCUT2D eigenvalue weighted by atomic mass is 79.9. The van der Waals surface area contributed by atoms with Crippen LogP contribution in [-0.4, -0.2) is 44.3 Å². The van der Waals surface area contributed by atoms with Crippen molar-refractivity contribution in [1.82, 2.24) is 4.90 Å². The molecule has 3 nitrogen and oxygen atoms in total. The molecule has 1 aliphatic rings. The number of nitrogens with zero attached hydrogens (tertiary/aromatic N) is 1. The van der Waals surface area contributed by atoms with E-state index >= 15 is 0 Å². The van der Waals surface area contributed by atoms with Gasteiger partial charge in [-0.25, -0.2) is 0 Å². The van der Waals surface area contributed by atoms with Crippen LogP contribution in [0.4, 0.5) is 5.69 Å². The molecule has 0 aliphatic carbocycles. The summed E-state index contributed by atoms with van der Waals surface area (Å²) < 4.78 is 6.24. The zero-order valence-corrected chi connectivity index (χ0v) is 11.9. The largest absolute Gasteiger partial charge is 0.384 e. The van der Waals surface area contributed by atoms with Gasteiger partial charge in [-0.3, -0.25) is 4.90 Å². The number of hydrogen-bond acceptors (Lipinski definition) is 3. The lowest BCUT2D eigenvalue weighted by atomic mass is 10.3. The number of halogens is 2. The highest BCUT2D eigenvalue weighted by Gasteiger charge is 2.09. The normalized spacial score (nSPS) is 17.1. The Labute approximate surface area is 115 Å². The van der Waals surface area contributed by atoms with Crippen LogP contribution in [-0.2, 0) is 4.74 Å². The van der Waals surface area contributed by atoms with E-state index < -0.39 is 0 Å². The first kappa shape index (κ1) is 13.1. The molecule has 0 spiro atoms. The summed E-state index contributed by atoms with van der Waals surface area (Å²) in [6, 6.07) is 5.89. The minimum absolute atomic E-state index is 0.740. The van der Waals surface area contributed by atoms with Crippen molar-refractivity contribution in [2.24, 2.45) is 0 Å². The van der Waals surface area contributed by atoms with E-state index in [-0.39, 0.29) is 0 Å². The van der Waals surface area contributed by atoms with E-state index in [2.05, 4.69) is 26.1 Å². The SMILES string of the molecule is Clc1ccc(NCCN2CCOCC2)cc1Br. The standard InChI is InChI=1S/C12H16BrClN2O/c13-11-9-10(1-2-12(11)14)15-3-4-16-5-7-17-8-6-16/h1-2,9,15H,3-8H2. The zero-order chi connectivity index (χ0) is 12.1. The fourth-order valence-corrected chi connectivity index (χ4v) is 2.29. The minimum atomic E-state index is 0.740. The fourth-order valence-electron chi connectivity index (χ4n) is 1.79. The Morgan fingerprint density at radius 2 is 2.12 bits per heavy atom. The smallest absolute Gasteiger partial charge is 0.0594 e. The molecule has 1 N–H and O–H groups in total. The van der Waals surface area contributed by atoms with Crippen molar-refractivity contribution in [3.63, 3.8) is 0 Å². The first-order valence-corrected chi connectivity index (χ1v) is 6.92. The first-order valence-electron chi connectivity index (χ1n) is 5.75. The molecular formula is C12H16BrClN2O. The van der Waals surface area contributed by atoms with Crippen LogP contribution < -0.4 is 5.32 Å². The highest BCUT2D eigenvalue weighted by Crippen LogP contribution is 2.25. The molecule has 0 bridgehead atoms. The van der Waals surface area contributed by atoms with Crippen LogP contribution in [0.3, 0.4) is 0 Å². The van der Waals surface area contributed by atoms with Gasteiger partial charge in [-0.15, -0.1) is 0 Å². The maximum Gasteiger partial charge on any atom is 0.0594 e. The highest BCUT2D eigenvalue weighted by molar-refractivity contribution is 9.10. The number of hydrogen-bond donors (Lipinski definition) is 1. The van der Waals surface area contributed by atoms with Crippen molar-refractivity contribution in [3.8, 4) is 0 Å². The van der Waals surface area contributed by atoms with Gasteiger partial charge in [0.2, 0.25) is 0 Å². The Balaban J connectivity index is 1.75. The van der Waals surface area contributed by atoms with Gasteiger partial charge in [-0.1, -0.05) is 11.6 Å². The van der Waals surface area contributed by atoms with E-state index in [0.717, 1.165) is 54.6 Å². The molecule has 17 heavy (non-hydrogen) atoms. The Morgan fingerprint density at radius 3 is 2.82 bits per heavy atom. The van der Waals surface area contributed by atoms with E-state index in [4.69, 9.17) is 16.3 Å². The molecule has 0 radical (unpaired) electrons. The molecule has 1 fully saturated rings. The summed E-state index contributed by atoms with van der Waals surface area (Å²) in [5, 5.41) is 4.13. The predicted octanol–water partition coefficient (Wildman–Crippen LogP) is 2.85. The van der Waals surface area contributed by atoms with Crippen LogP contribution >= 0.6 is 27.5 Å². The molecule has 1 saturated heterocycles. The van der Waals surface area contributed by atoms with Gasteiger partial charge >= 0.3 is 0 Å². The number of anilines is 1. The summed E-state index contributed by atoms with van der Waals surface area (Å²) in [4.78, 5) is 2.40. The monoisotopic (exact) mass is 318 g/mol. The summed E-state index contributed by atoms with van der Waals surface area (Å²) >= 11 is 9.36. The molecular weight excluding hydrogens is 304 g/mol. The second-order valence-corrected chi connectivity index (χ2v) is 5.27. The van der Waals surface area contributed by atoms with Crippen LogP contribution in [0.15, 0.2) is 22.7 Å². The Morgan fingerprint density at radius 1 is 1.35 bits per heavy atom.